The van der Waals surface area contributed by atoms with Gasteiger partial charge in [0.25, 0.3) is 17.4 Å². The van der Waals surface area contributed by atoms with E-state index in [4.69, 9.17) is 4.74 Å². The molecule has 4 rings (SSSR count). The standard InChI is InChI=1S/C26H22N2O6/c1-34-21-12-10-17(11-13-21)14-15-27-23(18-6-3-2-4-7-18)22(25(30)26(27)31)24(29)19-8-5-9-20(16-19)28(32)33/h2-13,16,23,29H,14-15H2,1H3/b24-22-. The zero-order chi connectivity index (χ0) is 24.2. The minimum Gasteiger partial charge on any atom is -0.507 e. The van der Waals surface area contributed by atoms with Crippen LogP contribution in [0, 0.1) is 10.1 Å². The lowest BCUT2D eigenvalue weighted by atomic mass is 9.95. The van der Waals surface area contributed by atoms with E-state index in [1.807, 2.05) is 30.3 Å². The number of non-ortho nitro benzene ring substituents is 1. The van der Waals surface area contributed by atoms with Gasteiger partial charge in [0, 0.05) is 24.2 Å². The molecule has 1 aliphatic heterocycles. The average Bonchev–Trinajstić information content (AvgIpc) is 3.12. The SMILES string of the molecule is COc1ccc(CCN2C(=O)C(=O)/C(=C(\O)c3cccc([N+](=O)[O-])c3)C2c2ccccc2)cc1. The number of benzene rings is 3. The van der Waals surface area contributed by atoms with Crippen LogP contribution in [0.1, 0.15) is 22.7 Å². The van der Waals surface area contributed by atoms with Crippen molar-refractivity contribution in [1.82, 2.24) is 4.90 Å². The molecule has 0 aliphatic carbocycles. The number of ether oxygens (including phenoxy) is 1. The molecule has 172 valence electrons. The molecule has 1 unspecified atom stereocenters. The Morgan fingerprint density at radius 3 is 2.38 bits per heavy atom. The van der Waals surface area contributed by atoms with Crippen LogP contribution in [0.4, 0.5) is 5.69 Å². The Morgan fingerprint density at radius 1 is 1.03 bits per heavy atom. The minimum absolute atomic E-state index is 0.0913. The van der Waals surface area contributed by atoms with Crippen molar-refractivity contribution >= 4 is 23.1 Å². The van der Waals surface area contributed by atoms with Gasteiger partial charge in [-0.15, -0.1) is 0 Å². The predicted molar refractivity (Wildman–Crippen MR) is 125 cm³/mol. The molecule has 0 saturated carbocycles. The van der Waals surface area contributed by atoms with E-state index in [1.165, 1.54) is 29.2 Å². The van der Waals surface area contributed by atoms with Gasteiger partial charge in [-0.2, -0.15) is 0 Å². The lowest BCUT2D eigenvalue weighted by Gasteiger charge is -2.25. The van der Waals surface area contributed by atoms with Crippen LogP contribution in [-0.2, 0) is 16.0 Å². The number of likely N-dealkylation sites (tertiary alicyclic amines) is 1. The zero-order valence-corrected chi connectivity index (χ0v) is 18.4. The molecule has 8 nitrogen and oxygen atoms in total. The van der Waals surface area contributed by atoms with Crippen molar-refractivity contribution in [2.24, 2.45) is 0 Å². The predicted octanol–water partition coefficient (Wildman–Crippen LogP) is 4.27. The van der Waals surface area contributed by atoms with Crippen molar-refractivity contribution in [3.05, 3.63) is 111 Å². The van der Waals surface area contributed by atoms with Gasteiger partial charge in [0.2, 0.25) is 0 Å². The molecule has 0 radical (unpaired) electrons. The molecule has 1 amide bonds. The van der Waals surface area contributed by atoms with Crippen molar-refractivity contribution in [2.45, 2.75) is 12.5 Å². The molecule has 0 spiro atoms. The highest BCUT2D eigenvalue weighted by Gasteiger charge is 2.45. The number of methoxy groups -OCH3 is 1. The number of hydrogen-bond acceptors (Lipinski definition) is 6. The molecule has 1 heterocycles. The molecule has 0 aromatic heterocycles. The van der Waals surface area contributed by atoms with Gasteiger partial charge in [-0.25, -0.2) is 0 Å². The number of amides is 1. The van der Waals surface area contributed by atoms with E-state index < -0.39 is 28.4 Å². The number of carbonyl (C=O) groups excluding carboxylic acids is 2. The molecule has 3 aromatic carbocycles. The molecule has 1 N–H and O–H groups in total. The van der Waals surface area contributed by atoms with Gasteiger partial charge in [0.05, 0.1) is 23.6 Å². The maximum absolute atomic E-state index is 13.1. The summed E-state index contributed by atoms with van der Waals surface area (Å²) >= 11 is 0. The normalized spacial score (nSPS) is 17.1. The van der Waals surface area contributed by atoms with E-state index in [-0.39, 0.29) is 23.4 Å². The summed E-state index contributed by atoms with van der Waals surface area (Å²) in [7, 11) is 1.58. The number of nitrogens with zero attached hydrogens (tertiary/aromatic N) is 2. The largest absolute Gasteiger partial charge is 0.507 e. The summed E-state index contributed by atoms with van der Waals surface area (Å²) in [5.41, 5.74) is 1.39. The second-order valence-electron chi connectivity index (χ2n) is 7.81. The number of aliphatic hydroxyl groups is 1. The summed E-state index contributed by atoms with van der Waals surface area (Å²) in [4.78, 5) is 38.1. The second-order valence-corrected chi connectivity index (χ2v) is 7.81. The molecule has 1 aliphatic rings. The first-order chi connectivity index (χ1) is 16.4. The van der Waals surface area contributed by atoms with Crippen LogP contribution in [0.5, 0.6) is 5.75 Å². The molecule has 0 bridgehead atoms. The summed E-state index contributed by atoms with van der Waals surface area (Å²) in [6, 6.07) is 20.9. The van der Waals surface area contributed by atoms with Crippen molar-refractivity contribution < 1.29 is 24.4 Å². The van der Waals surface area contributed by atoms with E-state index >= 15 is 0 Å². The third-order valence-electron chi connectivity index (χ3n) is 5.79. The Morgan fingerprint density at radius 2 is 1.74 bits per heavy atom. The molecule has 1 saturated heterocycles. The smallest absolute Gasteiger partial charge is 0.295 e. The highest BCUT2D eigenvalue weighted by Crippen LogP contribution is 2.39. The van der Waals surface area contributed by atoms with Crippen molar-refractivity contribution in [3.8, 4) is 5.75 Å². The van der Waals surface area contributed by atoms with Crippen molar-refractivity contribution in [2.75, 3.05) is 13.7 Å². The lowest BCUT2D eigenvalue weighted by molar-refractivity contribution is -0.384. The van der Waals surface area contributed by atoms with E-state index in [9.17, 15) is 24.8 Å². The summed E-state index contributed by atoms with van der Waals surface area (Å²) < 4.78 is 5.17. The quantitative estimate of drug-likeness (QED) is 0.186. The molecule has 1 atom stereocenters. The Hall–Kier alpha value is -4.46. The van der Waals surface area contributed by atoms with Crippen LogP contribution in [-0.4, -0.2) is 40.3 Å². The molecule has 34 heavy (non-hydrogen) atoms. The van der Waals surface area contributed by atoms with Crippen LogP contribution in [0.25, 0.3) is 5.76 Å². The highest BCUT2D eigenvalue weighted by atomic mass is 16.6. The van der Waals surface area contributed by atoms with Crippen LogP contribution in [0.15, 0.2) is 84.4 Å². The van der Waals surface area contributed by atoms with Gasteiger partial charge in [0.1, 0.15) is 11.5 Å². The zero-order valence-electron chi connectivity index (χ0n) is 18.4. The topological polar surface area (TPSA) is 110 Å². The van der Waals surface area contributed by atoms with Crippen LogP contribution >= 0.6 is 0 Å². The molecule has 1 fully saturated rings. The van der Waals surface area contributed by atoms with Gasteiger partial charge >= 0.3 is 0 Å². The first-order valence-corrected chi connectivity index (χ1v) is 10.6. The van der Waals surface area contributed by atoms with E-state index in [0.29, 0.717) is 17.7 Å². The number of nitro benzene ring substituents is 1. The van der Waals surface area contributed by atoms with Crippen molar-refractivity contribution in [3.63, 3.8) is 0 Å². The Balaban J connectivity index is 1.74. The monoisotopic (exact) mass is 458 g/mol. The number of rotatable bonds is 7. The van der Waals surface area contributed by atoms with E-state index in [1.54, 1.807) is 31.4 Å². The fraction of sp³-hybridized carbons (Fsp3) is 0.154. The number of hydrogen-bond donors (Lipinski definition) is 1. The van der Waals surface area contributed by atoms with Crippen LogP contribution in [0.2, 0.25) is 0 Å². The molecule has 3 aromatic rings. The van der Waals surface area contributed by atoms with Gasteiger partial charge in [0.15, 0.2) is 0 Å². The number of aliphatic hydroxyl groups excluding tert-OH is 1. The van der Waals surface area contributed by atoms with Crippen LogP contribution < -0.4 is 4.74 Å². The second kappa shape index (κ2) is 9.58. The Labute approximate surface area is 195 Å². The summed E-state index contributed by atoms with van der Waals surface area (Å²) in [5, 5.41) is 22.2. The average molecular weight is 458 g/mol. The maximum Gasteiger partial charge on any atom is 0.295 e. The fourth-order valence-corrected chi connectivity index (χ4v) is 4.06. The fourth-order valence-electron chi connectivity index (χ4n) is 4.06. The third kappa shape index (κ3) is 4.38. The van der Waals surface area contributed by atoms with Crippen LogP contribution in [0.3, 0.4) is 0 Å². The highest BCUT2D eigenvalue weighted by molar-refractivity contribution is 6.46. The number of Topliss-reactive ketones (excluding diaryl/α,β-unsaturated/α-hetero) is 1. The maximum atomic E-state index is 13.1. The number of ketones is 1. The number of nitro groups is 1. The first kappa shape index (κ1) is 22.7. The van der Waals surface area contributed by atoms with Gasteiger partial charge < -0.3 is 14.7 Å². The van der Waals surface area contributed by atoms with Gasteiger partial charge in [-0.05, 0) is 29.7 Å². The summed E-state index contributed by atoms with van der Waals surface area (Å²) in [6.07, 6.45) is 0.483. The van der Waals surface area contributed by atoms with E-state index in [0.717, 1.165) is 5.56 Å². The lowest BCUT2D eigenvalue weighted by Crippen LogP contribution is -2.31. The van der Waals surface area contributed by atoms with E-state index in [2.05, 4.69) is 0 Å². The molecular weight excluding hydrogens is 436 g/mol. The summed E-state index contributed by atoms with van der Waals surface area (Å²) in [6.45, 7) is 0.238. The summed E-state index contributed by atoms with van der Waals surface area (Å²) in [5.74, 6) is -1.28. The van der Waals surface area contributed by atoms with Gasteiger partial charge in [-0.1, -0.05) is 54.6 Å². The Kier molecular flexibility index (Phi) is 6.40. The third-order valence-corrected chi connectivity index (χ3v) is 5.79. The Bertz CT molecular complexity index is 1270. The minimum atomic E-state index is -0.826. The number of carbonyl (C=O) groups is 2. The molecule has 8 heteroatoms. The van der Waals surface area contributed by atoms with Crippen molar-refractivity contribution in [1.29, 1.82) is 0 Å². The van der Waals surface area contributed by atoms with Gasteiger partial charge in [-0.3, -0.25) is 19.7 Å². The molecular formula is C26H22N2O6. The first-order valence-electron chi connectivity index (χ1n) is 10.6.